The Morgan fingerprint density at radius 3 is 2.68 bits per heavy atom. The van der Waals surface area contributed by atoms with Crippen molar-refractivity contribution in [2.75, 3.05) is 20.6 Å². The van der Waals surface area contributed by atoms with Crippen molar-refractivity contribution in [1.29, 1.82) is 0 Å². The highest BCUT2D eigenvalue weighted by Gasteiger charge is 2.09. The molecule has 0 aliphatic carbocycles. The predicted molar refractivity (Wildman–Crippen MR) is 121 cm³/mol. The Morgan fingerprint density at radius 2 is 2.00 bits per heavy atom. The van der Waals surface area contributed by atoms with Gasteiger partial charge in [-0.1, -0.05) is 31.2 Å². The quantitative estimate of drug-likeness (QED) is 0.257. The minimum atomic E-state index is -3.28. The highest BCUT2D eigenvalue weighted by molar-refractivity contribution is 14.0. The molecule has 0 saturated heterocycles. The Kier molecular flexibility index (Phi) is 10.4. The number of hydrogen-bond donors (Lipinski definition) is 3. The summed E-state index contributed by atoms with van der Waals surface area (Å²) in [4.78, 5) is 4.21. The molecule has 1 aromatic heterocycles. The van der Waals surface area contributed by atoms with Crippen LogP contribution in [0.5, 0.6) is 0 Å². The van der Waals surface area contributed by atoms with Crippen molar-refractivity contribution < 1.29 is 8.42 Å². The van der Waals surface area contributed by atoms with Gasteiger partial charge >= 0.3 is 0 Å². The average Bonchev–Trinajstić information content (AvgIpc) is 3.12. The van der Waals surface area contributed by atoms with E-state index in [1.807, 2.05) is 29.7 Å². The Morgan fingerprint density at radius 1 is 1.25 bits per heavy atom. The molecule has 0 atom stereocenters. The molecule has 3 N–H and O–H groups in total. The van der Waals surface area contributed by atoms with E-state index >= 15 is 0 Å². The first-order valence-corrected chi connectivity index (χ1v) is 10.4. The van der Waals surface area contributed by atoms with Crippen LogP contribution in [0.4, 0.5) is 0 Å². The number of aromatic nitrogens is 3. The van der Waals surface area contributed by atoms with Crippen molar-refractivity contribution in [2.45, 2.75) is 32.2 Å². The molecule has 0 bridgehead atoms. The summed E-state index contributed by atoms with van der Waals surface area (Å²) >= 11 is 0. The van der Waals surface area contributed by atoms with E-state index in [-0.39, 0.29) is 29.7 Å². The van der Waals surface area contributed by atoms with Crippen LogP contribution in [-0.2, 0) is 35.3 Å². The second-order valence-electron chi connectivity index (χ2n) is 5.93. The fourth-order valence-electron chi connectivity index (χ4n) is 2.56. The van der Waals surface area contributed by atoms with Crippen molar-refractivity contribution in [2.24, 2.45) is 4.99 Å². The van der Waals surface area contributed by atoms with E-state index in [1.165, 1.54) is 7.05 Å². The smallest absolute Gasteiger partial charge is 0.215 e. The van der Waals surface area contributed by atoms with E-state index < -0.39 is 10.0 Å². The minimum absolute atomic E-state index is 0. The second-order valence-corrected chi connectivity index (χ2v) is 7.86. The SMILES string of the molecule is CCc1nncn1CCNC(=NC)NCc1cccc(CS(=O)(=O)NC)c1.I. The Hall–Kier alpha value is -1.73. The van der Waals surface area contributed by atoms with Crippen LogP contribution in [0, 0.1) is 0 Å². The van der Waals surface area contributed by atoms with Crippen molar-refractivity contribution in [3.63, 3.8) is 0 Å². The number of nitrogens with one attached hydrogen (secondary N) is 3. The molecule has 0 aliphatic heterocycles. The number of benzene rings is 1. The number of sulfonamides is 1. The van der Waals surface area contributed by atoms with E-state index in [9.17, 15) is 8.42 Å². The van der Waals surface area contributed by atoms with Crippen LogP contribution in [0.25, 0.3) is 0 Å². The van der Waals surface area contributed by atoms with Crippen LogP contribution in [0.1, 0.15) is 23.9 Å². The van der Waals surface area contributed by atoms with Crippen LogP contribution in [-0.4, -0.2) is 49.8 Å². The van der Waals surface area contributed by atoms with Gasteiger partial charge in [-0.05, 0) is 18.2 Å². The Balaban J connectivity index is 0.00000392. The maximum Gasteiger partial charge on any atom is 0.215 e. The topological polar surface area (TPSA) is 113 Å². The van der Waals surface area contributed by atoms with Gasteiger partial charge in [-0.15, -0.1) is 34.2 Å². The highest BCUT2D eigenvalue weighted by Crippen LogP contribution is 2.08. The Labute approximate surface area is 183 Å². The maximum absolute atomic E-state index is 11.7. The minimum Gasteiger partial charge on any atom is -0.355 e. The molecule has 0 amide bonds. The lowest BCUT2D eigenvalue weighted by Gasteiger charge is -2.13. The monoisotopic (exact) mass is 521 g/mol. The van der Waals surface area contributed by atoms with Crippen LogP contribution in [0.2, 0.25) is 0 Å². The normalized spacial score (nSPS) is 11.8. The van der Waals surface area contributed by atoms with E-state index in [0.717, 1.165) is 29.9 Å². The number of halogens is 1. The standard InChI is InChI=1S/C17H27N7O2S.HI/c1-4-16-23-22-13-24(16)9-8-20-17(18-2)21-11-14-6-5-7-15(10-14)12-27(25,26)19-3;/h5-7,10,13,19H,4,8-9,11-12H2,1-3H3,(H2,18,20,21);1H. The van der Waals surface area contributed by atoms with Crippen LogP contribution >= 0.6 is 24.0 Å². The zero-order valence-electron chi connectivity index (χ0n) is 16.3. The molecule has 0 spiro atoms. The molecule has 0 fully saturated rings. The second kappa shape index (κ2) is 12.0. The van der Waals surface area contributed by atoms with Gasteiger partial charge in [-0.25, -0.2) is 13.1 Å². The molecule has 2 aromatic rings. The van der Waals surface area contributed by atoms with Crippen molar-refractivity contribution in [3.8, 4) is 0 Å². The number of hydrogen-bond acceptors (Lipinski definition) is 5. The van der Waals surface area contributed by atoms with Crippen molar-refractivity contribution in [1.82, 2.24) is 30.1 Å². The largest absolute Gasteiger partial charge is 0.355 e. The summed E-state index contributed by atoms with van der Waals surface area (Å²) in [5, 5.41) is 14.5. The predicted octanol–water partition coefficient (Wildman–Crippen LogP) is 0.873. The number of rotatable bonds is 9. The van der Waals surface area contributed by atoms with E-state index in [2.05, 4.69) is 30.5 Å². The van der Waals surface area contributed by atoms with Gasteiger partial charge in [0.2, 0.25) is 10.0 Å². The molecule has 11 heteroatoms. The molecule has 0 saturated carbocycles. The number of aryl methyl sites for hydroxylation is 1. The first kappa shape index (κ1) is 24.3. The van der Waals surface area contributed by atoms with Gasteiger partial charge in [-0.2, -0.15) is 0 Å². The fraction of sp³-hybridized carbons (Fsp3) is 0.471. The third kappa shape index (κ3) is 7.72. The zero-order valence-corrected chi connectivity index (χ0v) is 19.5. The van der Waals surface area contributed by atoms with Crippen LogP contribution < -0.4 is 15.4 Å². The molecule has 2 rings (SSSR count). The third-order valence-electron chi connectivity index (χ3n) is 4.00. The van der Waals surface area contributed by atoms with Crippen molar-refractivity contribution >= 4 is 40.0 Å². The summed E-state index contributed by atoms with van der Waals surface area (Å²) < 4.78 is 27.7. The van der Waals surface area contributed by atoms with Crippen LogP contribution in [0.3, 0.4) is 0 Å². The van der Waals surface area contributed by atoms with Gasteiger partial charge < -0.3 is 15.2 Å². The van der Waals surface area contributed by atoms with Crippen molar-refractivity contribution in [3.05, 3.63) is 47.5 Å². The van der Waals surface area contributed by atoms with Gasteiger partial charge in [0, 0.05) is 33.1 Å². The number of aliphatic imine (C=N–C) groups is 1. The summed E-state index contributed by atoms with van der Waals surface area (Å²) in [6.07, 6.45) is 2.56. The molecule has 156 valence electrons. The lowest BCUT2D eigenvalue weighted by Crippen LogP contribution is -2.38. The lowest BCUT2D eigenvalue weighted by atomic mass is 10.1. The molecule has 0 aliphatic rings. The van der Waals surface area contributed by atoms with E-state index in [4.69, 9.17) is 0 Å². The molecule has 1 heterocycles. The van der Waals surface area contributed by atoms with Gasteiger partial charge in [0.25, 0.3) is 0 Å². The molecule has 9 nitrogen and oxygen atoms in total. The summed E-state index contributed by atoms with van der Waals surface area (Å²) in [5.74, 6) is 1.59. The summed E-state index contributed by atoms with van der Waals surface area (Å²) in [6.45, 7) is 4.02. The average molecular weight is 521 g/mol. The first-order chi connectivity index (χ1) is 13.0. The van der Waals surface area contributed by atoms with Gasteiger partial charge in [-0.3, -0.25) is 4.99 Å². The molecule has 0 radical (unpaired) electrons. The molecule has 1 aromatic carbocycles. The molecular formula is C17H28IN7O2S. The van der Waals surface area contributed by atoms with E-state index in [1.54, 1.807) is 19.4 Å². The molecule has 28 heavy (non-hydrogen) atoms. The van der Waals surface area contributed by atoms with Gasteiger partial charge in [0.05, 0.1) is 5.75 Å². The highest BCUT2D eigenvalue weighted by atomic mass is 127. The zero-order chi connectivity index (χ0) is 19.7. The van der Waals surface area contributed by atoms with Gasteiger partial charge in [0.1, 0.15) is 12.2 Å². The lowest BCUT2D eigenvalue weighted by molar-refractivity contribution is 0.587. The fourth-order valence-corrected chi connectivity index (χ4v) is 3.32. The third-order valence-corrected chi connectivity index (χ3v) is 5.34. The van der Waals surface area contributed by atoms with Gasteiger partial charge in [0.15, 0.2) is 5.96 Å². The molecular weight excluding hydrogens is 493 g/mol. The number of nitrogens with zero attached hydrogens (tertiary/aromatic N) is 4. The van der Waals surface area contributed by atoms with E-state index in [0.29, 0.717) is 19.0 Å². The summed E-state index contributed by atoms with van der Waals surface area (Å²) in [5.41, 5.74) is 1.72. The number of guanidine groups is 1. The summed E-state index contributed by atoms with van der Waals surface area (Å²) in [6, 6.07) is 7.47. The Bertz CT molecular complexity index is 868. The summed E-state index contributed by atoms with van der Waals surface area (Å²) in [7, 11) is -0.157. The first-order valence-electron chi connectivity index (χ1n) is 8.77. The molecule has 0 unspecified atom stereocenters. The maximum atomic E-state index is 11.7. The van der Waals surface area contributed by atoms with Crippen LogP contribution in [0.15, 0.2) is 35.6 Å².